The molecule has 8 nitrogen and oxygen atoms in total. The number of anilines is 1. The van der Waals surface area contributed by atoms with Crippen LogP contribution in [-0.2, 0) is 4.79 Å². The van der Waals surface area contributed by atoms with Crippen LogP contribution in [0.25, 0.3) is 27.7 Å². The third-order valence-corrected chi connectivity index (χ3v) is 5.05. The number of amides is 1. The van der Waals surface area contributed by atoms with E-state index in [0.29, 0.717) is 39.1 Å². The van der Waals surface area contributed by atoms with E-state index in [4.69, 9.17) is 15.8 Å². The number of carbonyl (C=O) groups is 1. The van der Waals surface area contributed by atoms with Gasteiger partial charge in [-0.3, -0.25) is 9.78 Å². The summed E-state index contributed by atoms with van der Waals surface area (Å²) in [6, 6.07) is 5.83. The fourth-order valence-electron chi connectivity index (χ4n) is 3.47. The van der Waals surface area contributed by atoms with Gasteiger partial charge in [0.05, 0.1) is 30.1 Å². The highest BCUT2D eigenvalue weighted by atomic mass is 19.1. The number of nitrogens with two attached hydrogens (primary N) is 1. The quantitative estimate of drug-likeness (QED) is 0.415. The molecule has 0 radical (unpaired) electrons. The van der Waals surface area contributed by atoms with Gasteiger partial charge in [0.15, 0.2) is 5.65 Å². The number of fused-ring (bicyclic) bond motifs is 2. The number of aromatic nitrogens is 4. The van der Waals surface area contributed by atoms with E-state index in [0.717, 1.165) is 5.56 Å². The number of nitrogen functional groups attached to an aromatic ring is 1. The molecule has 3 aromatic heterocycles. The van der Waals surface area contributed by atoms with Gasteiger partial charge >= 0.3 is 0 Å². The van der Waals surface area contributed by atoms with Crippen molar-refractivity contribution in [2.24, 2.45) is 0 Å². The van der Waals surface area contributed by atoms with Crippen molar-refractivity contribution in [2.75, 3.05) is 12.3 Å². The van der Waals surface area contributed by atoms with Crippen molar-refractivity contribution in [3.05, 3.63) is 48.2 Å². The third-order valence-electron chi connectivity index (χ3n) is 5.05. The Morgan fingerprint density at radius 1 is 1.37 bits per heavy atom. The molecule has 1 atom stereocenters. The topological polar surface area (TPSA) is 118 Å². The van der Waals surface area contributed by atoms with Crippen molar-refractivity contribution < 1.29 is 14.3 Å². The van der Waals surface area contributed by atoms with Gasteiger partial charge in [0, 0.05) is 29.1 Å². The van der Waals surface area contributed by atoms with E-state index in [9.17, 15) is 9.18 Å². The van der Waals surface area contributed by atoms with Crippen LogP contribution in [0.4, 0.5) is 10.2 Å². The van der Waals surface area contributed by atoms with E-state index >= 15 is 0 Å². The summed E-state index contributed by atoms with van der Waals surface area (Å²) in [6.45, 7) is 1.57. The van der Waals surface area contributed by atoms with Crippen LogP contribution < -0.4 is 16.5 Å². The fraction of sp³-hybridized carbons (Fsp3) is 0.200. The van der Waals surface area contributed by atoms with E-state index in [1.807, 2.05) is 13.9 Å². The molecule has 0 saturated carbocycles. The minimum absolute atomic E-state index is 0.0123. The number of carbonyl (C=O) groups excluding carboxylic acids is 1. The van der Waals surface area contributed by atoms with Gasteiger partial charge in [0.2, 0.25) is 5.91 Å². The summed E-state index contributed by atoms with van der Waals surface area (Å²) in [5.74, 6) is -0.211. The van der Waals surface area contributed by atoms with Gasteiger partial charge in [-0.15, -0.1) is 0 Å². The maximum atomic E-state index is 13.6. The first-order valence-corrected chi connectivity index (χ1v) is 9.48. The van der Waals surface area contributed by atoms with Crippen LogP contribution >= 0.6 is 0 Å². The highest BCUT2D eigenvalue weighted by Gasteiger charge is 2.20. The Hall–Kier alpha value is -3.53. The predicted molar refractivity (Wildman–Crippen MR) is 115 cm³/mol. The normalized spacial score (nSPS) is 12.4. The van der Waals surface area contributed by atoms with Crippen LogP contribution in [0.5, 0.6) is 0 Å². The summed E-state index contributed by atoms with van der Waals surface area (Å²) >= 11 is 0. The minimum atomic E-state index is -0.414. The zero-order valence-electron chi connectivity index (χ0n) is 16.6. The SMILES string of the molecule is Bc1c(C(C)NC(=O)CCO)nc2c(-c3cnc4ccc(F)cc4c3)cnn2c1N. The molecular formula is C20H20BFN6O2. The maximum Gasteiger partial charge on any atom is 0.222 e. The Morgan fingerprint density at radius 3 is 2.93 bits per heavy atom. The van der Waals surface area contributed by atoms with Crippen LogP contribution in [-0.4, -0.2) is 45.0 Å². The number of nitrogens with zero attached hydrogens (tertiary/aromatic N) is 4. The molecular weight excluding hydrogens is 386 g/mol. The van der Waals surface area contributed by atoms with Gasteiger partial charge in [-0.25, -0.2) is 9.37 Å². The summed E-state index contributed by atoms with van der Waals surface area (Å²) in [7, 11) is 1.81. The number of rotatable bonds is 5. The molecule has 4 aromatic rings. The number of hydrogen-bond acceptors (Lipinski definition) is 6. The Bertz CT molecular complexity index is 1280. The van der Waals surface area contributed by atoms with Crippen LogP contribution in [0, 0.1) is 5.82 Å². The Balaban J connectivity index is 1.82. The van der Waals surface area contributed by atoms with Crippen molar-refractivity contribution in [1.29, 1.82) is 0 Å². The Kier molecular flexibility index (Phi) is 5.09. The molecule has 0 aliphatic carbocycles. The number of halogens is 1. The first-order chi connectivity index (χ1) is 14.4. The summed E-state index contributed by atoms with van der Waals surface area (Å²) in [5.41, 5.74) is 10.2. The largest absolute Gasteiger partial charge is 0.396 e. The van der Waals surface area contributed by atoms with E-state index in [1.54, 1.807) is 25.4 Å². The average Bonchev–Trinajstić information content (AvgIpc) is 3.14. The Labute approximate surface area is 172 Å². The number of pyridine rings is 1. The summed E-state index contributed by atoms with van der Waals surface area (Å²) in [5, 5.41) is 16.8. The van der Waals surface area contributed by atoms with Crippen LogP contribution in [0.15, 0.2) is 36.7 Å². The predicted octanol–water partition coefficient (Wildman–Crippen LogP) is 0.484. The second kappa shape index (κ2) is 7.71. The highest BCUT2D eigenvalue weighted by Crippen LogP contribution is 2.27. The second-order valence-corrected chi connectivity index (χ2v) is 7.12. The van der Waals surface area contributed by atoms with Crippen molar-refractivity contribution >= 4 is 41.6 Å². The van der Waals surface area contributed by atoms with Crippen molar-refractivity contribution in [3.8, 4) is 11.1 Å². The average molecular weight is 406 g/mol. The number of benzene rings is 1. The van der Waals surface area contributed by atoms with Gasteiger partial charge in [0.25, 0.3) is 0 Å². The molecule has 1 amide bonds. The lowest BCUT2D eigenvalue weighted by atomic mass is 9.91. The first kappa shape index (κ1) is 19.8. The number of aliphatic hydroxyl groups is 1. The zero-order chi connectivity index (χ0) is 21.4. The molecule has 0 aliphatic rings. The number of hydrogen-bond donors (Lipinski definition) is 3. The van der Waals surface area contributed by atoms with Gasteiger partial charge in [0.1, 0.15) is 19.5 Å². The van der Waals surface area contributed by atoms with Crippen molar-refractivity contribution in [2.45, 2.75) is 19.4 Å². The molecule has 152 valence electrons. The van der Waals surface area contributed by atoms with Crippen LogP contribution in [0.2, 0.25) is 0 Å². The summed E-state index contributed by atoms with van der Waals surface area (Å²) < 4.78 is 15.2. The Morgan fingerprint density at radius 2 is 2.17 bits per heavy atom. The molecule has 4 rings (SSSR count). The monoisotopic (exact) mass is 406 g/mol. The van der Waals surface area contributed by atoms with Crippen LogP contribution in [0.1, 0.15) is 25.1 Å². The fourth-order valence-corrected chi connectivity index (χ4v) is 3.47. The minimum Gasteiger partial charge on any atom is -0.396 e. The highest BCUT2D eigenvalue weighted by molar-refractivity contribution is 6.36. The zero-order valence-corrected chi connectivity index (χ0v) is 16.6. The van der Waals surface area contributed by atoms with Crippen LogP contribution in [0.3, 0.4) is 0 Å². The van der Waals surface area contributed by atoms with Gasteiger partial charge in [-0.2, -0.15) is 9.61 Å². The van der Waals surface area contributed by atoms with Crippen molar-refractivity contribution in [1.82, 2.24) is 24.9 Å². The maximum absolute atomic E-state index is 13.6. The van der Waals surface area contributed by atoms with E-state index in [2.05, 4.69) is 15.4 Å². The van der Waals surface area contributed by atoms with Gasteiger partial charge < -0.3 is 16.2 Å². The summed E-state index contributed by atoms with van der Waals surface area (Å²) in [4.78, 5) is 21.0. The molecule has 10 heteroatoms. The smallest absolute Gasteiger partial charge is 0.222 e. The summed E-state index contributed by atoms with van der Waals surface area (Å²) in [6.07, 6.45) is 3.33. The molecule has 0 fully saturated rings. The molecule has 0 saturated heterocycles. The number of nitrogens with one attached hydrogen (secondary N) is 1. The lowest BCUT2D eigenvalue weighted by Gasteiger charge is -2.18. The standard InChI is InChI=1S/C20H20BFN6O2/c1-10(26-16(30)4-5-29)18-17(21)19(23)28-20(27-18)14(9-25-28)12-6-11-7-13(22)2-3-15(11)24-8-12/h2-3,6-10,29H,4-5,21,23H2,1H3,(H,26,30). The molecule has 30 heavy (non-hydrogen) atoms. The number of aliphatic hydroxyl groups excluding tert-OH is 1. The molecule has 4 N–H and O–H groups in total. The lowest BCUT2D eigenvalue weighted by Crippen LogP contribution is -2.33. The molecule has 3 heterocycles. The third kappa shape index (κ3) is 3.46. The van der Waals surface area contributed by atoms with Gasteiger partial charge in [-0.05, 0) is 36.7 Å². The second-order valence-electron chi connectivity index (χ2n) is 7.12. The first-order valence-electron chi connectivity index (χ1n) is 9.48. The molecule has 1 unspecified atom stereocenters. The molecule has 0 spiro atoms. The molecule has 0 aliphatic heterocycles. The van der Waals surface area contributed by atoms with Gasteiger partial charge in [-0.1, -0.05) is 0 Å². The van der Waals surface area contributed by atoms with E-state index in [-0.39, 0.29) is 24.8 Å². The molecule has 1 aromatic carbocycles. The van der Waals surface area contributed by atoms with Crippen molar-refractivity contribution in [3.63, 3.8) is 0 Å². The van der Waals surface area contributed by atoms with E-state index in [1.165, 1.54) is 16.6 Å². The lowest BCUT2D eigenvalue weighted by molar-refractivity contribution is -0.122. The van der Waals surface area contributed by atoms with E-state index < -0.39 is 6.04 Å². The molecule has 0 bridgehead atoms.